The van der Waals surface area contributed by atoms with Gasteiger partial charge in [-0.2, -0.15) is 0 Å². The second-order valence-electron chi connectivity index (χ2n) is 5.14. The average molecular weight is 260 g/mol. The maximum Gasteiger partial charge on any atom is 0.246 e. The number of aryl methyl sites for hydroxylation is 2. The summed E-state index contributed by atoms with van der Waals surface area (Å²) in [5.74, 6) is 0.0420. The third kappa shape index (κ3) is 2.95. The Kier molecular flexibility index (Phi) is 3.88. The van der Waals surface area contributed by atoms with E-state index in [2.05, 4.69) is 0 Å². The van der Waals surface area contributed by atoms with Crippen LogP contribution in [0.3, 0.4) is 0 Å². The number of likely N-dealkylation sites (N-methyl/N-ethyl adjacent to an activating group) is 1. The zero-order valence-corrected chi connectivity index (χ0v) is 11.8. The number of rotatable bonds is 3. The van der Waals surface area contributed by atoms with Crippen LogP contribution in [-0.2, 0) is 9.59 Å². The van der Waals surface area contributed by atoms with Gasteiger partial charge in [0.1, 0.15) is 6.54 Å². The van der Waals surface area contributed by atoms with Crippen molar-refractivity contribution in [2.24, 2.45) is 0 Å². The minimum atomic E-state index is -0.0431. The normalized spacial score (nSPS) is 14.9. The summed E-state index contributed by atoms with van der Waals surface area (Å²) in [5, 5.41) is 0. The average Bonchev–Trinajstić information content (AvgIpc) is 2.77. The molecular formula is C15H20N2O2. The number of carbonyl (C=O) groups is 2. The third-order valence-electron chi connectivity index (χ3n) is 3.75. The van der Waals surface area contributed by atoms with E-state index in [-0.39, 0.29) is 18.4 Å². The van der Waals surface area contributed by atoms with Gasteiger partial charge in [-0.25, -0.2) is 0 Å². The van der Waals surface area contributed by atoms with E-state index < -0.39 is 0 Å². The Morgan fingerprint density at radius 3 is 2.63 bits per heavy atom. The SMILES string of the molecule is Cc1ccc(N(C)C(=O)CN2CCCC2=O)cc1C. The van der Waals surface area contributed by atoms with Crippen LogP contribution in [0.25, 0.3) is 0 Å². The molecule has 0 bridgehead atoms. The topological polar surface area (TPSA) is 40.6 Å². The van der Waals surface area contributed by atoms with Crippen LogP contribution in [0.5, 0.6) is 0 Å². The Balaban J connectivity index is 2.05. The quantitative estimate of drug-likeness (QED) is 0.832. The predicted molar refractivity (Wildman–Crippen MR) is 75.1 cm³/mol. The molecule has 4 nitrogen and oxygen atoms in total. The van der Waals surface area contributed by atoms with E-state index in [1.54, 1.807) is 16.8 Å². The highest BCUT2D eigenvalue weighted by Crippen LogP contribution is 2.18. The second kappa shape index (κ2) is 5.43. The molecule has 2 rings (SSSR count). The number of benzene rings is 1. The molecule has 4 heteroatoms. The Labute approximate surface area is 114 Å². The fourth-order valence-corrected chi connectivity index (χ4v) is 2.22. The van der Waals surface area contributed by atoms with Gasteiger partial charge in [-0.1, -0.05) is 6.07 Å². The van der Waals surface area contributed by atoms with Gasteiger partial charge >= 0.3 is 0 Å². The van der Waals surface area contributed by atoms with Gasteiger partial charge in [0.05, 0.1) is 0 Å². The van der Waals surface area contributed by atoms with Crippen molar-refractivity contribution in [3.8, 4) is 0 Å². The van der Waals surface area contributed by atoms with Crippen molar-refractivity contribution in [1.82, 2.24) is 4.90 Å². The number of likely N-dealkylation sites (tertiary alicyclic amines) is 1. The van der Waals surface area contributed by atoms with Crippen LogP contribution in [0.15, 0.2) is 18.2 Å². The molecule has 0 radical (unpaired) electrons. The fraction of sp³-hybridized carbons (Fsp3) is 0.467. The van der Waals surface area contributed by atoms with E-state index in [0.29, 0.717) is 13.0 Å². The summed E-state index contributed by atoms with van der Waals surface area (Å²) in [7, 11) is 1.76. The summed E-state index contributed by atoms with van der Waals surface area (Å²) in [4.78, 5) is 27.0. The first-order chi connectivity index (χ1) is 8.99. The molecule has 0 unspecified atom stereocenters. The first-order valence-corrected chi connectivity index (χ1v) is 6.60. The summed E-state index contributed by atoms with van der Waals surface area (Å²) in [6.07, 6.45) is 1.43. The molecule has 1 aliphatic heterocycles. The Morgan fingerprint density at radius 1 is 1.32 bits per heavy atom. The maximum absolute atomic E-state index is 12.2. The van der Waals surface area contributed by atoms with Gasteiger partial charge in [0.2, 0.25) is 11.8 Å². The van der Waals surface area contributed by atoms with Gasteiger partial charge in [0, 0.05) is 25.7 Å². The molecular weight excluding hydrogens is 240 g/mol. The van der Waals surface area contributed by atoms with Crippen molar-refractivity contribution in [3.05, 3.63) is 29.3 Å². The molecule has 0 saturated carbocycles. The van der Waals surface area contributed by atoms with Gasteiger partial charge in [0.15, 0.2) is 0 Å². The number of hydrogen-bond acceptors (Lipinski definition) is 2. The monoisotopic (exact) mass is 260 g/mol. The smallest absolute Gasteiger partial charge is 0.246 e. The van der Waals surface area contributed by atoms with E-state index in [0.717, 1.165) is 17.7 Å². The lowest BCUT2D eigenvalue weighted by Gasteiger charge is -2.22. The third-order valence-corrected chi connectivity index (χ3v) is 3.75. The van der Waals surface area contributed by atoms with Crippen molar-refractivity contribution in [2.75, 3.05) is 25.0 Å². The molecule has 0 N–H and O–H groups in total. The highest BCUT2D eigenvalue weighted by Gasteiger charge is 2.24. The Morgan fingerprint density at radius 2 is 2.05 bits per heavy atom. The number of carbonyl (C=O) groups excluding carboxylic acids is 2. The molecule has 0 aromatic heterocycles. The van der Waals surface area contributed by atoms with Gasteiger partial charge in [0.25, 0.3) is 0 Å². The molecule has 1 aromatic carbocycles. The van der Waals surface area contributed by atoms with E-state index in [1.165, 1.54) is 5.56 Å². The van der Waals surface area contributed by atoms with Crippen molar-refractivity contribution < 1.29 is 9.59 Å². The molecule has 2 amide bonds. The highest BCUT2D eigenvalue weighted by molar-refractivity contribution is 5.96. The second-order valence-corrected chi connectivity index (χ2v) is 5.14. The van der Waals surface area contributed by atoms with Crippen LogP contribution in [0.4, 0.5) is 5.69 Å². The van der Waals surface area contributed by atoms with E-state index in [4.69, 9.17) is 0 Å². The first-order valence-electron chi connectivity index (χ1n) is 6.60. The van der Waals surface area contributed by atoms with Crippen LogP contribution in [0, 0.1) is 13.8 Å². The summed E-state index contributed by atoms with van der Waals surface area (Å²) in [6.45, 7) is 4.96. The van der Waals surface area contributed by atoms with Gasteiger partial charge < -0.3 is 9.80 Å². The zero-order chi connectivity index (χ0) is 14.0. The maximum atomic E-state index is 12.2. The molecule has 19 heavy (non-hydrogen) atoms. The molecule has 1 aromatic rings. The molecule has 1 saturated heterocycles. The number of amides is 2. The summed E-state index contributed by atoms with van der Waals surface area (Å²) >= 11 is 0. The molecule has 1 aliphatic rings. The van der Waals surface area contributed by atoms with Crippen molar-refractivity contribution in [3.63, 3.8) is 0 Å². The van der Waals surface area contributed by atoms with Crippen molar-refractivity contribution in [1.29, 1.82) is 0 Å². The van der Waals surface area contributed by atoms with Crippen LogP contribution in [-0.4, -0.2) is 36.9 Å². The molecule has 0 aliphatic carbocycles. The Bertz CT molecular complexity index is 511. The molecule has 1 fully saturated rings. The van der Waals surface area contributed by atoms with Crippen LogP contribution < -0.4 is 4.90 Å². The van der Waals surface area contributed by atoms with Gasteiger partial charge in [-0.3, -0.25) is 9.59 Å². The van der Waals surface area contributed by atoms with E-state index in [9.17, 15) is 9.59 Å². The summed E-state index contributed by atoms with van der Waals surface area (Å²) < 4.78 is 0. The highest BCUT2D eigenvalue weighted by atomic mass is 16.2. The van der Waals surface area contributed by atoms with Crippen LogP contribution in [0.1, 0.15) is 24.0 Å². The van der Waals surface area contributed by atoms with Crippen LogP contribution >= 0.6 is 0 Å². The van der Waals surface area contributed by atoms with Crippen molar-refractivity contribution in [2.45, 2.75) is 26.7 Å². The lowest BCUT2D eigenvalue weighted by molar-refractivity contribution is -0.132. The fourth-order valence-electron chi connectivity index (χ4n) is 2.22. The zero-order valence-electron chi connectivity index (χ0n) is 11.8. The Hall–Kier alpha value is -1.84. The number of anilines is 1. The number of hydrogen-bond donors (Lipinski definition) is 0. The molecule has 102 valence electrons. The van der Waals surface area contributed by atoms with E-state index >= 15 is 0 Å². The largest absolute Gasteiger partial charge is 0.333 e. The van der Waals surface area contributed by atoms with Crippen molar-refractivity contribution >= 4 is 17.5 Å². The standard InChI is InChI=1S/C15H20N2O2/c1-11-6-7-13(9-12(11)2)16(3)15(19)10-17-8-4-5-14(17)18/h6-7,9H,4-5,8,10H2,1-3H3. The minimum absolute atomic E-state index is 0.0431. The van der Waals surface area contributed by atoms with Crippen LogP contribution in [0.2, 0.25) is 0 Å². The van der Waals surface area contributed by atoms with E-state index in [1.807, 2.05) is 32.0 Å². The number of nitrogens with zero attached hydrogens (tertiary/aromatic N) is 2. The summed E-state index contributed by atoms with van der Waals surface area (Å²) in [6, 6.07) is 5.94. The minimum Gasteiger partial charge on any atom is -0.333 e. The molecule has 1 heterocycles. The summed E-state index contributed by atoms with van der Waals surface area (Å²) in [5.41, 5.74) is 3.24. The molecule has 0 atom stereocenters. The predicted octanol–water partition coefficient (Wildman–Crippen LogP) is 1.89. The lowest BCUT2D eigenvalue weighted by atomic mass is 10.1. The first kappa shape index (κ1) is 13.6. The lowest BCUT2D eigenvalue weighted by Crippen LogP contribution is -2.39. The van der Waals surface area contributed by atoms with Gasteiger partial charge in [-0.15, -0.1) is 0 Å². The van der Waals surface area contributed by atoms with Gasteiger partial charge in [-0.05, 0) is 43.5 Å². The molecule has 0 spiro atoms.